The number of nitrogens with one attached hydrogen (secondary N) is 1. The average Bonchev–Trinajstić information content (AvgIpc) is 2.57. The lowest BCUT2D eigenvalue weighted by Gasteiger charge is -2.29. The molecule has 2 unspecified atom stereocenters. The zero-order chi connectivity index (χ0) is 13.3. The van der Waals surface area contributed by atoms with Gasteiger partial charge in [-0.05, 0) is 32.1 Å². The second-order valence-electron chi connectivity index (χ2n) is 5.22. The SMILES string of the molecule is Cc1nn(C)c(OC2CCCCC2C)c1C(=N)N. The third-order valence-electron chi connectivity index (χ3n) is 3.73. The van der Waals surface area contributed by atoms with E-state index in [2.05, 4.69) is 12.0 Å². The Morgan fingerprint density at radius 2 is 2.11 bits per heavy atom. The largest absolute Gasteiger partial charge is 0.474 e. The number of hydrogen-bond donors (Lipinski definition) is 2. The highest BCUT2D eigenvalue weighted by molar-refractivity contribution is 5.98. The third-order valence-corrected chi connectivity index (χ3v) is 3.73. The smallest absolute Gasteiger partial charge is 0.223 e. The molecule has 0 spiro atoms. The highest BCUT2D eigenvalue weighted by Gasteiger charge is 2.26. The first-order valence-corrected chi connectivity index (χ1v) is 6.55. The van der Waals surface area contributed by atoms with Gasteiger partial charge >= 0.3 is 0 Å². The quantitative estimate of drug-likeness (QED) is 0.636. The maximum absolute atomic E-state index is 7.64. The van der Waals surface area contributed by atoms with E-state index in [9.17, 15) is 0 Å². The molecule has 0 bridgehead atoms. The fourth-order valence-electron chi connectivity index (χ4n) is 2.68. The maximum atomic E-state index is 7.64. The monoisotopic (exact) mass is 250 g/mol. The topological polar surface area (TPSA) is 76.9 Å². The molecular weight excluding hydrogens is 228 g/mol. The molecule has 1 aromatic rings. The molecule has 18 heavy (non-hydrogen) atoms. The molecule has 0 aliphatic heterocycles. The van der Waals surface area contributed by atoms with Crippen molar-refractivity contribution in [1.82, 2.24) is 9.78 Å². The van der Waals surface area contributed by atoms with Crippen LogP contribution in [0.3, 0.4) is 0 Å². The standard InChI is InChI=1S/C13H22N4O/c1-8-6-4-5-7-10(8)18-13-11(12(14)15)9(2)16-17(13)3/h8,10H,4-7H2,1-3H3,(H3,14,15). The van der Waals surface area contributed by atoms with Crippen molar-refractivity contribution in [2.24, 2.45) is 18.7 Å². The minimum Gasteiger partial charge on any atom is -0.474 e. The molecule has 5 heteroatoms. The van der Waals surface area contributed by atoms with Crippen molar-refractivity contribution in [3.8, 4) is 5.88 Å². The van der Waals surface area contributed by atoms with Crippen molar-refractivity contribution < 1.29 is 4.74 Å². The molecule has 1 aliphatic rings. The Labute approximate surface area is 108 Å². The zero-order valence-corrected chi connectivity index (χ0v) is 11.4. The summed E-state index contributed by atoms with van der Waals surface area (Å²) in [6, 6.07) is 0. The van der Waals surface area contributed by atoms with Crippen LogP contribution in [-0.2, 0) is 7.05 Å². The van der Waals surface area contributed by atoms with Gasteiger partial charge in [0.05, 0.1) is 5.69 Å². The Morgan fingerprint density at radius 1 is 1.44 bits per heavy atom. The van der Waals surface area contributed by atoms with E-state index in [0.29, 0.717) is 17.4 Å². The first-order valence-electron chi connectivity index (χ1n) is 6.55. The summed E-state index contributed by atoms with van der Waals surface area (Å²) in [6.07, 6.45) is 4.98. The van der Waals surface area contributed by atoms with Crippen LogP contribution in [0.4, 0.5) is 0 Å². The lowest BCUT2D eigenvalue weighted by atomic mass is 9.88. The number of aryl methyl sites for hydroxylation is 2. The summed E-state index contributed by atoms with van der Waals surface area (Å²) in [6.45, 7) is 4.08. The summed E-state index contributed by atoms with van der Waals surface area (Å²) < 4.78 is 7.78. The number of nitrogens with two attached hydrogens (primary N) is 1. The molecule has 0 radical (unpaired) electrons. The normalized spacial score (nSPS) is 23.9. The summed E-state index contributed by atoms with van der Waals surface area (Å²) >= 11 is 0. The predicted octanol–water partition coefficient (Wildman–Crippen LogP) is 1.97. The van der Waals surface area contributed by atoms with Crippen molar-refractivity contribution in [3.63, 3.8) is 0 Å². The van der Waals surface area contributed by atoms with E-state index in [1.54, 1.807) is 4.68 Å². The van der Waals surface area contributed by atoms with E-state index in [-0.39, 0.29) is 11.9 Å². The number of aromatic nitrogens is 2. The lowest BCUT2D eigenvalue weighted by molar-refractivity contribution is 0.0927. The van der Waals surface area contributed by atoms with E-state index in [4.69, 9.17) is 15.9 Å². The minimum atomic E-state index is 0.0269. The van der Waals surface area contributed by atoms with E-state index in [1.807, 2.05) is 14.0 Å². The maximum Gasteiger partial charge on any atom is 0.223 e. The summed E-state index contributed by atoms with van der Waals surface area (Å²) in [7, 11) is 1.84. The molecule has 0 saturated heterocycles. The van der Waals surface area contributed by atoms with Gasteiger partial charge in [0.2, 0.25) is 5.88 Å². The van der Waals surface area contributed by atoms with Crippen molar-refractivity contribution in [2.45, 2.75) is 45.6 Å². The molecule has 1 heterocycles. The van der Waals surface area contributed by atoms with E-state index in [0.717, 1.165) is 12.1 Å². The Bertz CT molecular complexity index is 452. The lowest BCUT2D eigenvalue weighted by Crippen LogP contribution is -2.30. The van der Waals surface area contributed by atoms with E-state index < -0.39 is 0 Å². The van der Waals surface area contributed by atoms with Crippen molar-refractivity contribution in [1.29, 1.82) is 5.41 Å². The van der Waals surface area contributed by atoms with Crippen LogP contribution < -0.4 is 10.5 Å². The zero-order valence-electron chi connectivity index (χ0n) is 11.4. The first kappa shape index (κ1) is 12.9. The number of rotatable bonds is 3. The second kappa shape index (κ2) is 5.00. The third kappa shape index (κ3) is 2.35. The Balaban J connectivity index is 2.25. The van der Waals surface area contributed by atoms with Crippen LogP contribution in [0.1, 0.15) is 43.9 Å². The molecule has 1 aliphatic carbocycles. The van der Waals surface area contributed by atoms with Crippen LogP contribution in [0.25, 0.3) is 0 Å². The molecule has 100 valence electrons. The van der Waals surface area contributed by atoms with Gasteiger partial charge in [-0.1, -0.05) is 13.3 Å². The molecule has 2 rings (SSSR count). The van der Waals surface area contributed by atoms with Crippen LogP contribution in [0.15, 0.2) is 0 Å². The summed E-state index contributed by atoms with van der Waals surface area (Å²) in [5, 5.41) is 11.9. The number of hydrogen-bond acceptors (Lipinski definition) is 3. The molecule has 3 N–H and O–H groups in total. The van der Waals surface area contributed by atoms with Gasteiger partial charge in [0.15, 0.2) is 0 Å². The fraction of sp³-hybridized carbons (Fsp3) is 0.692. The van der Waals surface area contributed by atoms with Gasteiger partial charge in [0, 0.05) is 7.05 Å². The fourth-order valence-corrected chi connectivity index (χ4v) is 2.68. The van der Waals surface area contributed by atoms with Gasteiger partial charge in [0.1, 0.15) is 17.5 Å². The molecule has 1 saturated carbocycles. The molecule has 0 amide bonds. The number of nitrogen functional groups attached to an aromatic ring is 1. The van der Waals surface area contributed by atoms with Gasteiger partial charge in [0.25, 0.3) is 0 Å². The predicted molar refractivity (Wildman–Crippen MR) is 71.0 cm³/mol. The highest BCUT2D eigenvalue weighted by Crippen LogP contribution is 2.30. The van der Waals surface area contributed by atoms with Crippen LogP contribution in [-0.4, -0.2) is 21.7 Å². The van der Waals surface area contributed by atoms with E-state index in [1.165, 1.54) is 19.3 Å². The first-order chi connectivity index (χ1) is 8.50. The van der Waals surface area contributed by atoms with Crippen LogP contribution in [0.5, 0.6) is 5.88 Å². The minimum absolute atomic E-state index is 0.0269. The number of ether oxygens (including phenoxy) is 1. The van der Waals surface area contributed by atoms with Crippen molar-refractivity contribution >= 4 is 5.84 Å². The molecular formula is C13H22N4O. The van der Waals surface area contributed by atoms with Gasteiger partial charge in [-0.3, -0.25) is 5.41 Å². The van der Waals surface area contributed by atoms with Gasteiger partial charge < -0.3 is 10.5 Å². The molecule has 2 atom stereocenters. The molecule has 0 aromatic carbocycles. The van der Waals surface area contributed by atoms with Gasteiger partial charge in [-0.25, -0.2) is 4.68 Å². The summed E-state index contributed by atoms with van der Waals surface area (Å²) in [5.74, 6) is 1.21. The van der Waals surface area contributed by atoms with E-state index >= 15 is 0 Å². The van der Waals surface area contributed by atoms with Crippen LogP contribution >= 0.6 is 0 Å². The second-order valence-corrected chi connectivity index (χ2v) is 5.22. The summed E-state index contributed by atoms with van der Waals surface area (Å²) in [4.78, 5) is 0. The molecule has 5 nitrogen and oxygen atoms in total. The summed E-state index contributed by atoms with van der Waals surface area (Å²) in [5.41, 5.74) is 7.01. The molecule has 1 fully saturated rings. The van der Waals surface area contributed by atoms with Crippen LogP contribution in [0.2, 0.25) is 0 Å². The Morgan fingerprint density at radius 3 is 2.72 bits per heavy atom. The number of nitrogens with zero attached hydrogens (tertiary/aromatic N) is 2. The van der Waals surface area contributed by atoms with Gasteiger partial charge in [-0.2, -0.15) is 5.10 Å². The average molecular weight is 250 g/mol. The van der Waals surface area contributed by atoms with Crippen molar-refractivity contribution in [3.05, 3.63) is 11.3 Å². The highest BCUT2D eigenvalue weighted by atomic mass is 16.5. The number of amidine groups is 1. The van der Waals surface area contributed by atoms with Crippen LogP contribution in [0, 0.1) is 18.3 Å². The van der Waals surface area contributed by atoms with Crippen molar-refractivity contribution in [2.75, 3.05) is 0 Å². The Kier molecular flexibility index (Phi) is 3.59. The Hall–Kier alpha value is -1.52. The molecule has 1 aromatic heterocycles. The van der Waals surface area contributed by atoms with Gasteiger partial charge in [-0.15, -0.1) is 0 Å².